The first-order chi connectivity index (χ1) is 15.1. The van der Waals surface area contributed by atoms with Gasteiger partial charge >= 0.3 is 18.1 Å². The minimum Gasteiger partial charge on any atom is -0.475 e. The highest BCUT2D eigenvalue weighted by molar-refractivity contribution is 5.96. The predicted octanol–water partition coefficient (Wildman–Crippen LogP) is 1.68. The number of aromatic nitrogens is 2. The number of pyridine rings is 2. The average Bonchev–Trinajstić information content (AvgIpc) is 3.06. The number of carboxylic acids is 1. The summed E-state index contributed by atoms with van der Waals surface area (Å²) in [7, 11) is 0. The van der Waals surface area contributed by atoms with Crippen LogP contribution in [0.2, 0.25) is 0 Å². The van der Waals surface area contributed by atoms with E-state index in [1.54, 1.807) is 12.3 Å². The molecule has 3 N–H and O–H groups in total. The van der Waals surface area contributed by atoms with Crippen molar-refractivity contribution in [1.29, 1.82) is 0 Å². The molecule has 2 aromatic rings. The number of fused-ring (bicyclic) bond motifs is 1. The van der Waals surface area contributed by atoms with E-state index >= 15 is 0 Å². The molecular weight excluding hydrogens is 433 g/mol. The Morgan fingerprint density at radius 2 is 1.97 bits per heavy atom. The van der Waals surface area contributed by atoms with Crippen molar-refractivity contribution in [3.05, 3.63) is 36.2 Å². The van der Waals surface area contributed by atoms with E-state index in [2.05, 4.69) is 20.6 Å². The summed E-state index contributed by atoms with van der Waals surface area (Å²) in [5.41, 5.74) is 0.717. The standard InChI is InChI=1S/C18H20N4O3.C2HF3O2/c23-16(13-8-12-2-1-5-20-15(12)21-10-13)22-11-14-9-18(17(24)25-14)3-6-19-7-4-18;3-2(4,5)1(6)7/h1-2,5,8,10,14,19H,3-4,6-7,9,11H2,(H,22,23);(H,6,7). The lowest BCUT2D eigenvalue weighted by atomic mass is 9.76. The fourth-order valence-electron chi connectivity index (χ4n) is 3.66. The van der Waals surface area contributed by atoms with Gasteiger partial charge in [0.05, 0.1) is 17.5 Å². The average molecular weight is 454 g/mol. The van der Waals surface area contributed by atoms with Gasteiger partial charge in [0.25, 0.3) is 5.91 Å². The van der Waals surface area contributed by atoms with E-state index < -0.39 is 12.1 Å². The van der Waals surface area contributed by atoms with Gasteiger partial charge in [-0.05, 0) is 44.1 Å². The Morgan fingerprint density at radius 1 is 1.28 bits per heavy atom. The molecule has 2 fully saturated rings. The number of carbonyl (C=O) groups excluding carboxylic acids is 2. The van der Waals surface area contributed by atoms with Crippen LogP contribution in [-0.2, 0) is 14.3 Å². The van der Waals surface area contributed by atoms with E-state index in [0.29, 0.717) is 24.2 Å². The fourth-order valence-corrected chi connectivity index (χ4v) is 3.66. The van der Waals surface area contributed by atoms with Gasteiger partial charge in [0.2, 0.25) is 0 Å². The molecule has 32 heavy (non-hydrogen) atoms. The van der Waals surface area contributed by atoms with Gasteiger partial charge in [0.15, 0.2) is 5.65 Å². The Balaban J connectivity index is 0.000000360. The number of aliphatic carboxylic acids is 1. The molecule has 2 saturated heterocycles. The molecule has 2 aliphatic rings. The van der Waals surface area contributed by atoms with Crippen LogP contribution < -0.4 is 10.6 Å². The van der Waals surface area contributed by atoms with Gasteiger partial charge in [-0.15, -0.1) is 0 Å². The molecule has 4 heterocycles. The number of rotatable bonds is 3. The molecule has 1 spiro atoms. The SMILES string of the molecule is O=C(NCC1CC2(CCNCC2)C(=O)O1)c1cnc2ncccc2c1.O=C(O)C(F)(F)F. The van der Waals surface area contributed by atoms with Crippen molar-refractivity contribution in [3.8, 4) is 0 Å². The van der Waals surface area contributed by atoms with Crippen molar-refractivity contribution in [2.24, 2.45) is 5.41 Å². The van der Waals surface area contributed by atoms with Gasteiger partial charge in [-0.1, -0.05) is 0 Å². The first-order valence-corrected chi connectivity index (χ1v) is 9.82. The number of nitrogens with one attached hydrogen (secondary N) is 2. The summed E-state index contributed by atoms with van der Waals surface area (Å²) >= 11 is 0. The first-order valence-electron chi connectivity index (χ1n) is 9.82. The number of hydrogen-bond donors (Lipinski definition) is 3. The quantitative estimate of drug-likeness (QED) is 0.598. The largest absolute Gasteiger partial charge is 0.490 e. The lowest BCUT2D eigenvalue weighted by Gasteiger charge is -2.29. The number of alkyl halides is 3. The third-order valence-corrected chi connectivity index (χ3v) is 5.33. The maximum absolute atomic E-state index is 12.4. The molecule has 172 valence electrons. The van der Waals surface area contributed by atoms with Gasteiger partial charge in [0, 0.05) is 24.2 Å². The first kappa shape index (κ1) is 23.4. The highest BCUT2D eigenvalue weighted by Crippen LogP contribution is 2.41. The number of carboxylic acid groups (broad SMARTS) is 1. The van der Waals surface area contributed by atoms with Crippen LogP contribution in [0.15, 0.2) is 30.6 Å². The van der Waals surface area contributed by atoms with Crippen molar-refractivity contribution in [2.75, 3.05) is 19.6 Å². The molecule has 4 rings (SSSR count). The van der Waals surface area contributed by atoms with Crippen molar-refractivity contribution in [2.45, 2.75) is 31.5 Å². The summed E-state index contributed by atoms with van der Waals surface area (Å²) in [5, 5.41) is 14.1. The highest BCUT2D eigenvalue weighted by Gasteiger charge is 2.49. The molecule has 9 nitrogen and oxygen atoms in total. The zero-order valence-corrected chi connectivity index (χ0v) is 16.8. The maximum atomic E-state index is 12.4. The van der Waals surface area contributed by atoms with Crippen LogP contribution in [0.3, 0.4) is 0 Å². The molecule has 0 saturated carbocycles. The number of cyclic esters (lactones) is 1. The number of amides is 1. The second-order valence-corrected chi connectivity index (χ2v) is 7.55. The zero-order valence-electron chi connectivity index (χ0n) is 16.8. The minimum absolute atomic E-state index is 0.119. The molecule has 1 unspecified atom stereocenters. The van der Waals surface area contributed by atoms with E-state index in [1.165, 1.54) is 6.20 Å². The van der Waals surface area contributed by atoms with Crippen LogP contribution in [0.1, 0.15) is 29.6 Å². The van der Waals surface area contributed by atoms with Gasteiger partial charge in [-0.25, -0.2) is 14.8 Å². The van der Waals surface area contributed by atoms with Crippen molar-refractivity contribution >= 4 is 28.9 Å². The van der Waals surface area contributed by atoms with Crippen LogP contribution in [0.4, 0.5) is 13.2 Å². The minimum atomic E-state index is -5.08. The van der Waals surface area contributed by atoms with E-state index in [0.717, 1.165) is 31.3 Å². The second kappa shape index (κ2) is 9.47. The Morgan fingerprint density at radius 3 is 2.62 bits per heavy atom. The Hall–Kier alpha value is -3.28. The maximum Gasteiger partial charge on any atom is 0.490 e. The second-order valence-electron chi connectivity index (χ2n) is 7.55. The Bertz CT molecular complexity index is 1010. The number of hydrogen-bond acceptors (Lipinski definition) is 7. The van der Waals surface area contributed by atoms with Gasteiger partial charge in [-0.3, -0.25) is 9.59 Å². The van der Waals surface area contributed by atoms with Gasteiger partial charge in [-0.2, -0.15) is 13.2 Å². The van der Waals surface area contributed by atoms with E-state index in [9.17, 15) is 22.8 Å². The molecule has 2 aromatic heterocycles. The molecule has 0 radical (unpaired) electrons. The normalized spacial score (nSPS) is 19.7. The summed E-state index contributed by atoms with van der Waals surface area (Å²) in [4.78, 5) is 41.9. The number of piperidine rings is 1. The molecule has 2 aliphatic heterocycles. The van der Waals surface area contributed by atoms with Crippen LogP contribution in [0.25, 0.3) is 11.0 Å². The van der Waals surface area contributed by atoms with E-state index in [-0.39, 0.29) is 23.4 Å². The zero-order chi connectivity index (χ0) is 23.4. The number of halogens is 3. The predicted molar refractivity (Wildman–Crippen MR) is 105 cm³/mol. The van der Waals surface area contributed by atoms with Crippen LogP contribution in [0, 0.1) is 5.41 Å². The molecule has 0 bridgehead atoms. The molecular formula is C20H21F3N4O5. The van der Waals surface area contributed by atoms with Crippen LogP contribution in [-0.4, -0.2) is 64.8 Å². The summed E-state index contributed by atoms with van der Waals surface area (Å²) < 4.78 is 37.2. The lowest BCUT2D eigenvalue weighted by molar-refractivity contribution is -0.192. The number of esters is 1. The van der Waals surface area contributed by atoms with Gasteiger partial charge in [0.1, 0.15) is 6.10 Å². The Kier molecular flexibility index (Phi) is 6.92. The number of carbonyl (C=O) groups is 3. The highest BCUT2D eigenvalue weighted by atomic mass is 19.4. The molecule has 12 heteroatoms. The summed E-state index contributed by atoms with van der Waals surface area (Å²) in [6.07, 6.45) is 0.119. The number of ether oxygens (including phenoxy) is 1. The molecule has 1 atom stereocenters. The van der Waals surface area contributed by atoms with Crippen LogP contribution in [0.5, 0.6) is 0 Å². The van der Waals surface area contributed by atoms with Crippen molar-refractivity contribution in [1.82, 2.24) is 20.6 Å². The molecule has 1 amide bonds. The van der Waals surface area contributed by atoms with Crippen LogP contribution >= 0.6 is 0 Å². The third-order valence-electron chi connectivity index (χ3n) is 5.33. The summed E-state index contributed by atoms with van der Waals surface area (Å²) in [5.74, 6) is -3.10. The van der Waals surface area contributed by atoms with E-state index in [4.69, 9.17) is 14.6 Å². The topological polar surface area (TPSA) is 131 Å². The third kappa shape index (κ3) is 5.49. The molecule has 0 aliphatic carbocycles. The van der Waals surface area contributed by atoms with E-state index in [1.807, 2.05) is 12.1 Å². The Labute approximate surface area is 180 Å². The summed E-state index contributed by atoms with van der Waals surface area (Å²) in [6, 6.07) is 5.44. The van der Waals surface area contributed by atoms with Crippen molar-refractivity contribution in [3.63, 3.8) is 0 Å². The summed E-state index contributed by atoms with van der Waals surface area (Å²) in [6.45, 7) is 2.00. The monoisotopic (exact) mass is 454 g/mol. The number of nitrogens with zero attached hydrogens (tertiary/aromatic N) is 2. The molecule has 0 aromatic carbocycles. The van der Waals surface area contributed by atoms with Crippen molar-refractivity contribution < 1.29 is 37.4 Å². The fraction of sp³-hybridized carbons (Fsp3) is 0.450. The lowest BCUT2D eigenvalue weighted by Crippen LogP contribution is -2.39. The van der Waals surface area contributed by atoms with Gasteiger partial charge < -0.3 is 20.5 Å². The smallest absolute Gasteiger partial charge is 0.475 e.